The average molecular weight is 263 g/mol. The third-order valence-corrected chi connectivity index (χ3v) is 2.79. The van der Waals surface area contributed by atoms with E-state index < -0.39 is 11.7 Å². The van der Waals surface area contributed by atoms with Crippen molar-refractivity contribution in [2.24, 2.45) is 0 Å². The first-order valence-electron chi connectivity index (χ1n) is 5.70. The number of nitrogens with zero attached hydrogens (tertiary/aromatic N) is 1. The molecule has 2 N–H and O–H groups in total. The Kier molecular flexibility index (Phi) is 3.50. The van der Waals surface area contributed by atoms with Gasteiger partial charge in [0.15, 0.2) is 0 Å². The molecule has 0 fully saturated rings. The van der Waals surface area contributed by atoms with E-state index in [4.69, 9.17) is 4.74 Å². The van der Waals surface area contributed by atoms with E-state index in [-0.39, 0.29) is 11.3 Å². The van der Waals surface area contributed by atoms with Gasteiger partial charge in [-0.15, -0.1) is 0 Å². The first kappa shape index (κ1) is 13.1. The van der Waals surface area contributed by atoms with Crippen molar-refractivity contribution in [2.75, 3.05) is 12.4 Å². The molecular formula is C13H14FN3O2. The fraction of sp³-hybridized carbons (Fsp3) is 0.231. The molecule has 0 bridgehead atoms. The number of methoxy groups -OCH3 is 1. The molecule has 1 aromatic carbocycles. The summed E-state index contributed by atoms with van der Waals surface area (Å²) < 4.78 is 18.8. The predicted octanol–water partition coefficient (Wildman–Crippen LogP) is 2.43. The molecule has 0 saturated carbocycles. The fourth-order valence-electron chi connectivity index (χ4n) is 1.81. The molecule has 2 aromatic rings. The second-order valence-electron chi connectivity index (χ2n) is 4.08. The number of benzene rings is 1. The summed E-state index contributed by atoms with van der Waals surface area (Å²) in [6.07, 6.45) is 0. The van der Waals surface area contributed by atoms with Gasteiger partial charge in [0, 0.05) is 0 Å². The molecule has 19 heavy (non-hydrogen) atoms. The summed E-state index contributed by atoms with van der Waals surface area (Å²) in [7, 11) is 1.39. The Morgan fingerprint density at radius 3 is 2.74 bits per heavy atom. The molecule has 1 amide bonds. The lowest BCUT2D eigenvalue weighted by Crippen LogP contribution is -2.16. The summed E-state index contributed by atoms with van der Waals surface area (Å²) in [5.41, 5.74) is 1.78. The minimum atomic E-state index is -0.629. The first-order valence-corrected chi connectivity index (χ1v) is 5.70. The van der Waals surface area contributed by atoms with Crippen LogP contribution in [0.1, 0.15) is 21.7 Å². The van der Waals surface area contributed by atoms with Crippen molar-refractivity contribution in [1.82, 2.24) is 10.2 Å². The van der Waals surface area contributed by atoms with E-state index in [2.05, 4.69) is 15.5 Å². The minimum Gasteiger partial charge on any atom is -0.496 e. The van der Waals surface area contributed by atoms with Crippen LogP contribution in [-0.4, -0.2) is 23.2 Å². The number of H-pyrrole nitrogens is 1. The number of carbonyl (C=O) groups excluding carboxylic acids is 1. The summed E-state index contributed by atoms with van der Waals surface area (Å²) in [5.74, 6) is -1.01. The van der Waals surface area contributed by atoms with Gasteiger partial charge in [0.25, 0.3) is 5.91 Å². The van der Waals surface area contributed by atoms with Gasteiger partial charge in [-0.25, -0.2) is 4.39 Å². The quantitative estimate of drug-likeness (QED) is 0.893. The molecule has 0 spiro atoms. The number of hydrogen-bond acceptors (Lipinski definition) is 3. The number of aryl methyl sites for hydroxylation is 2. The van der Waals surface area contributed by atoms with Crippen molar-refractivity contribution in [3.63, 3.8) is 0 Å². The van der Waals surface area contributed by atoms with Gasteiger partial charge >= 0.3 is 0 Å². The Morgan fingerprint density at radius 2 is 2.16 bits per heavy atom. The smallest absolute Gasteiger partial charge is 0.262 e. The highest BCUT2D eigenvalue weighted by molar-refractivity contribution is 6.06. The van der Waals surface area contributed by atoms with E-state index in [1.165, 1.54) is 25.3 Å². The molecule has 6 heteroatoms. The number of ether oxygens (including phenoxy) is 1. The maximum atomic E-state index is 13.8. The lowest BCUT2D eigenvalue weighted by atomic mass is 10.1. The maximum Gasteiger partial charge on any atom is 0.262 e. The molecule has 0 radical (unpaired) electrons. The molecule has 0 aliphatic rings. The zero-order valence-corrected chi connectivity index (χ0v) is 10.9. The van der Waals surface area contributed by atoms with Crippen molar-refractivity contribution >= 4 is 11.6 Å². The molecule has 0 atom stereocenters. The van der Waals surface area contributed by atoms with Gasteiger partial charge in [0.1, 0.15) is 17.1 Å². The highest BCUT2D eigenvalue weighted by atomic mass is 19.1. The van der Waals surface area contributed by atoms with Crippen LogP contribution < -0.4 is 10.1 Å². The molecule has 0 aliphatic carbocycles. The van der Waals surface area contributed by atoms with Gasteiger partial charge in [-0.2, -0.15) is 5.10 Å². The van der Waals surface area contributed by atoms with Crippen LogP contribution in [-0.2, 0) is 0 Å². The zero-order valence-electron chi connectivity index (χ0n) is 10.9. The number of halogens is 1. The third kappa shape index (κ3) is 2.42. The number of aromatic amines is 1. The standard InChI is InChI=1S/C13H14FN3O2/c1-7-12(8(2)17-16-7)15-13(18)11-9(14)5-4-6-10(11)19-3/h4-6H,1-3H3,(H,15,18)(H,16,17). The summed E-state index contributed by atoms with van der Waals surface area (Å²) >= 11 is 0. The van der Waals surface area contributed by atoms with Gasteiger partial charge in [0.2, 0.25) is 0 Å². The zero-order chi connectivity index (χ0) is 14.0. The number of amides is 1. The second kappa shape index (κ2) is 5.09. The van der Waals surface area contributed by atoms with Crippen molar-refractivity contribution in [3.05, 3.63) is 41.0 Å². The van der Waals surface area contributed by atoms with E-state index in [9.17, 15) is 9.18 Å². The number of rotatable bonds is 3. The number of anilines is 1. The van der Waals surface area contributed by atoms with Gasteiger partial charge < -0.3 is 10.1 Å². The van der Waals surface area contributed by atoms with Crippen LogP contribution >= 0.6 is 0 Å². The van der Waals surface area contributed by atoms with Gasteiger partial charge in [-0.1, -0.05) is 6.07 Å². The van der Waals surface area contributed by atoms with E-state index in [1.807, 2.05) is 0 Å². The minimum absolute atomic E-state index is 0.120. The Morgan fingerprint density at radius 1 is 1.42 bits per heavy atom. The molecule has 1 heterocycles. The SMILES string of the molecule is COc1cccc(F)c1C(=O)Nc1c(C)n[nH]c1C. The maximum absolute atomic E-state index is 13.8. The monoisotopic (exact) mass is 263 g/mol. The number of hydrogen-bond donors (Lipinski definition) is 2. The summed E-state index contributed by atoms with van der Waals surface area (Å²) in [5, 5.41) is 9.35. The van der Waals surface area contributed by atoms with Crippen LogP contribution in [0.25, 0.3) is 0 Å². The number of nitrogens with one attached hydrogen (secondary N) is 2. The molecule has 1 aromatic heterocycles. The molecule has 0 unspecified atom stereocenters. The third-order valence-electron chi connectivity index (χ3n) is 2.79. The molecule has 100 valence electrons. The average Bonchev–Trinajstić information content (AvgIpc) is 2.70. The van der Waals surface area contributed by atoms with Crippen molar-refractivity contribution in [3.8, 4) is 5.75 Å². The Bertz CT molecular complexity index is 603. The Balaban J connectivity index is 2.36. The highest BCUT2D eigenvalue weighted by Crippen LogP contribution is 2.24. The topological polar surface area (TPSA) is 67.0 Å². The lowest BCUT2D eigenvalue weighted by Gasteiger charge is -2.10. The molecule has 5 nitrogen and oxygen atoms in total. The Labute approximate surface area is 109 Å². The van der Waals surface area contributed by atoms with Crippen LogP contribution in [0.15, 0.2) is 18.2 Å². The van der Waals surface area contributed by atoms with Gasteiger partial charge in [-0.05, 0) is 26.0 Å². The number of aromatic nitrogens is 2. The lowest BCUT2D eigenvalue weighted by molar-refractivity contribution is 0.102. The predicted molar refractivity (Wildman–Crippen MR) is 69.0 cm³/mol. The highest BCUT2D eigenvalue weighted by Gasteiger charge is 2.19. The largest absolute Gasteiger partial charge is 0.496 e. The number of carbonyl (C=O) groups is 1. The molecule has 0 saturated heterocycles. The molecule has 0 aliphatic heterocycles. The van der Waals surface area contributed by atoms with Crippen LogP contribution in [0.5, 0.6) is 5.75 Å². The van der Waals surface area contributed by atoms with Crippen LogP contribution in [0.4, 0.5) is 10.1 Å². The van der Waals surface area contributed by atoms with Crippen LogP contribution in [0, 0.1) is 19.7 Å². The van der Waals surface area contributed by atoms with E-state index in [0.29, 0.717) is 17.1 Å². The van der Waals surface area contributed by atoms with Gasteiger partial charge in [0.05, 0.1) is 24.2 Å². The van der Waals surface area contributed by atoms with Crippen molar-refractivity contribution in [2.45, 2.75) is 13.8 Å². The first-order chi connectivity index (χ1) is 9.04. The summed E-state index contributed by atoms with van der Waals surface area (Å²) in [6, 6.07) is 4.24. The van der Waals surface area contributed by atoms with E-state index >= 15 is 0 Å². The fourth-order valence-corrected chi connectivity index (χ4v) is 1.81. The van der Waals surface area contributed by atoms with E-state index in [1.54, 1.807) is 13.8 Å². The summed E-state index contributed by atoms with van der Waals surface area (Å²) in [6.45, 7) is 3.52. The summed E-state index contributed by atoms with van der Waals surface area (Å²) in [4.78, 5) is 12.1. The molecule has 2 rings (SSSR count). The second-order valence-corrected chi connectivity index (χ2v) is 4.08. The van der Waals surface area contributed by atoms with Crippen LogP contribution in [0.2, 0.25) is 0 Å². The van der Waals surface area contributed by atoms with Gasteiger partial charge in [-0.3, -0.25) is 9.89 Å². The van der Waals surface area contributed by atoms with Crippen molar-refractivity contribution in [1.29, 1.82) is 0 Å². The normalized spacial score (nSPS) is 10.3. The van der Waals surface area contributed by atoms with Crippen LogP contribution in [0.3, 0.4) is 0 Å². The van der Waals surface area contributed by atoms with Crippen molar-refractivity contribution < 1.29 is 13.9 Å². The molecular weight excluding hydrogens is 249 g/mol. The Hall–Kier alpha value is -2.37. The van der Waals surface area contributed by atoms with E-state index in [0.717, 1.165) is 0 Å².